The first-order valence-electron chi connectivity index (χ1n) is 11.4. The summed E-state index contributed by atoms with van der Waals surface area (Å²) >= 11 is 3.27. The molecule has 0 radical (unpaired) electrons. The van der Waals surface area contributed by atoms with Crippen molar-refractivity contribution in [3.8, 4) is 11.5 Å². The number of benzene rings is 2. The number of amidine groups is 2. The topological polar surface area (TPSA) is 104 Å². The molecule has 3 rings (SSSR count). The van der Waals surface area contributed by atoms with Crippen LogP contribution in [0.25, 0.3) is 0 Å². The van der Waals surface area contributed by atoms with Gasteiger partial charge in [0.05, 0.1) is 33.1 Å². The van der Waals surface area contributed by atoms with Gasteiger partial charge in [0.15, 0.2) is 0 Å². The fourth-order valence-electron chi connectivity index (χ4n) is 3.52. The molecule has 1 aliphatic rings. The summed E-state index contributed by atoms with van der Waals surface area (Å²) in [7, 11) is 0. The zero-order valence-electron chi connectivity index (χ0n) is 20.0. The van der Waals surface area contributed by atoms with Crippen molar-refractivity contribution in [3.05, 3.63) is 35.4 Å². The molecule has 0 atom stereocenters. The summed E-state index contributed by atoms with van der Waals surface area (Å²) in [6.07, 6.45) is 3.21. The lowest BCUT2D eigenvalue weighted by atomic mass is 10.1. The number of nitrogen functional groups attached to an aromatic ring is 1. The molecule has 0 saturated carbocycles. The Kier molecular flexibility index (Phi) is 8.59. The van der Waals surface area contributed by atoms with Gasteiger partial charge in [-0.3, -0.25) is 10.8 Å². The number of unbranched alkanes of at least 4 members (excludes halogenated alkanes) is 2. The molecule has 0 spiro atoms. The lowest BCUT2D eigenvalue weighted by molar-refractivity contribution is 0.223. The van der Waals surface area contributed by atoms with Gasteiger partial charge < -0.3 is 20.5 Å². The number of rotatable bonds is 11. The van der Waals surface area contributed by atoms with Gasteiger partial charge in [0, 0.05) is 10.6 Å². The van der Waals surface area contributed by atoms with E-state index in [2.05, 4.69) is 12.2 Å². The van der Waals surface area contributed by atoms with Crippen LogP contribution in [0.15, 0.2) is 39.0 Å². The Balaban J connectivity index is 2.29. The lowest BCUT2D eigenvalue weighted by Crippen LogP contribution is -2.20. The molecule has 5 N–H and O–H groups in total. The Hall–Kier alpha value is -2.32. The van der Waals surface area contributed by atoms with E-state index in [0.717, 1.165) is 39.7 Å². The van der Waals surface area contributed by atoms with Gasteiger partial charge in [0.2, 0.25) is 0 Å². The number of nitrogens with two attached hydrogens (primary N) is 1. The Morgan fingerprint density at radius 1 is 0.909 bits per heavy atom. The Bertz CT molecular complexity index is 1040. The Labute approximate surface area is 205 Å². The van der Waals surface area contributed by atoms with Gasteiger partial charge in [0.25, 0.3) is 0 Å². The minimum absolute atomic E-state index is 0.0804. The van der Waals surface area contributed by atoms with Crippen molar-refractivity contribution < 1.29 is 9.47 Å². The molecule has 33 heavy (non-hydrogen) atoms. The maximum absolute atomic E-state index is 8.58. The first kappa shape index (κ1) is 25.3. The number of para-hydroxylation sites is 1. The Morgan fingerprint density at radius 2 is 1.48 bits per heavy atom. The smallest absolute Gasteiger partial charge is 0.146 e. The second-order valence-corrected chi connectivity index (χ2v) is 10.6. The normalized spacial score (nSPS) is 12.9. The van der Waals surface area contributed by atoms with Crippen molar-refractivity contribution in [1.29, 1.82) is 10.8 Å². The molecule has 0 bridgehead atoms. The van der Waals surface area contributed by atoms with Crippen LogP contribution in [0.1, 0.15) is 65.0 Å². The second-order valence-electron chi connectivity index (χ2n) is 8.47. The third-order valence-corrected chi connectivity index (χ3v) is 7.39. The molecule has 0 amide bonds. The molecule has 1 aliphatic heterocycles. The quantitative estimate of drug-likeness (QED) is 0.163. The maximum atomic E-state index is 8.58. The number of fused-ring (bicyclic) bond motifs is 1. The predicted octanol–water partition coefficient (Wildman–Crippen LogP) is 6.53. The van der Waals surface area contributed by atoms with E-state index in [1.54, 1.807) is 11.8 Å². The minimum atomic E-state index is -0.0982. The highest BCUT2D eigenvalue weighted by atomic mass is 32.2. The molecule has 1 heterocycles. The number of hydrogen-bond donors (Lipinski definition) is 4. The molecule has 0 saturated heterocycles. The van der Waals surface area contributed by atoms with E-state index in [4.69, 9.17) is 26.0 Å². The van der Waals surface area contributed by atoms with Crippen LogP contribution in [-0.4, -0.2) is 29.6 Å². The van der Waals surface area contributed by atoms with Crippen molar-refractivity contribution in [2.75, 3.05) is 11.5 Å². The van der Waals surface area contributed by atoms with Crippen molar-refractivity contribution in [3.63, 3.8) is 0 Å². The first-order chi connectivity index (χ1) is 15.7. The highest BCUT2D eigenvalue weighted by Crippen LogP contribution is 2.53. The molecule has 2 aromatic rings. The summed E-state index contributed by atoms with van der Waals surface area (Å²) in [5.41, 5.74) is 8.18. The molecular formula is C25H34N4O2S2. The van der Waals surface area contributed by atoms with Crippen molar-refractivity contribution >= 4 is 40.9 Å². The number of anilines is 1. The van der Waals surface area contributed by atoms with E-state index in [0.29, 0.717) is 28.3 Å². The van der Waals surface area contributed by atoms with Gasteiger partial charge in [0.1, 0.15) is 23.2 Å². The second kappa shape index (κ2) is 11.2. The molecule has 8 heteroatoms. The maximum Gasteiger partial charge on any atom is 0.146 e. The Morgan fingerprint density at radius 3 is 2.03 bits per heavy atom. The van der Waals surface area contributed by atoms with E-state index in [1.165, 1.54) is 11.8 Å². The van der Waals surface area contributed by atoms with E-state index in [9.17, 15) is 0 Å². The van der Waals surface area contributed by atoms with Gasteiger partial charge in [-0.05, 0) is 52.0 Å². The van der Waals surface area contributed by atoms with Crippen molar-refractivity contribution in [2.24, 2.45) is 0 Å². The molecule has 178 valence electrons. The van der Waals surface area contributed by atoms with Crippen LogP contribution < -0.4 is 20.5 Å². The van der Waals surface area contributed by atoms with Crippen LogP contribution in [0, 0.1) is 10.8 Å². The third-order valence-electron chi connectivity index (χ3n) is 4.91. The van der Waals surface area contributed by atoms with Crippen LogP contribution in [0.2, 0.25) is 0 Å². The average Bonchev–Trinajstić information content (AvgIpc) is 3.04. The molecule has 0 fully saturated rings. The van der Waals surface area contributed by atoms with Crippen molar-refractivity contribution in [2.45, 2.75) is 80.8 Å². The van der Waals surface area contributed by atoms with Crippen molar-refractivity contribution in [1.82, 2.24) is 5.32 Å². The standard InChI is InChI=1S/C25H34N4O2S2/c1-6-7-10-13-32-22-20(30-14(2)3)18-19(25(28)29-24(18)27)21(31-15(4)5)23(22)33-17-12-9-8-11-16(17)26/h8-9,11-12,14-15H,6-7,10,13,26H2,1-5H3,(H3,27,28,29). The van der Waals surface area contributed by atoms with Crippen LogP contribution >= 0.6 is 23.5 Å². The van der Waals surface area contributed by atoms with Crippen LogP contribution in [0.5, 0.6) is 11.5 Å². The van der Waals surface area contributed by atoms with Crippen LogP contribution in [0.4, 0.5) is 5.69 Å². The van der Waals surface area contributed by atoms with Crippen LogP contribution in [-0.2, 0) is 0 Å². The van der Waals surface area contributed by atoms with Gasteiger partial charge in [-0.15, -0.1) is 11.8 Å². The fraction of sp³-hybridized carbons (Fsp3) is 0.440. The molecule has 0 aromatic heterocycles. The number of ether oxygens (including phenoxy) is 2. The highest BCUT2D eigenvalue weighted by molar-refractivity contribution is 8.02. The minimum Gasteiger partial charge on any atom is -0.489 e. The summed E-state index contributed by atoms with van der Waals surface area (Å²) in [4.78, 5) is 2.76. The molecular weight excluding hydrogens is 452 g/mol. The van der Waals surface area contributed by atoms with Gasteiger partial charge in [-0.25, -0.2) is 0 Å². The van der Waals surface area contributed by atoms with E-state index in [-0.39, 0.29) is 23.9 Å². The average molecular weight is 487 g/mol. The molecule has 0 aliphatic carbocycles. The summed E-state index contributed by atoms with van der Waals surface area (Å²) < 4.78 is 12.7. The number of thioether (sulfide) groups is 1. The third kappa shape index (κ3) is 5.79. The summed E-state index contributed by atoms with van der Waals surface area (Å²) in [5.74, 6) is 2.52. The van der Waals surface area contributed by atoms with E-state index < -0.39 is 0 Å². The predicted molar refractivity (Wildman–Crippen MR) is 140 cm³/mol. The first-order valence-corrected chi connectivity index (χ1v) is 13.2. The summed E-state index contributed by atoms with van der Waals surface area (Å²) in [6.45, 7) is 10.1. The molecule has 6 nitrogen and oxygen atoms in total. The molecule has 0 unspecified atom stereocenters. The number of hydrogen-bond acceptors (Lipinski definition) is 7. The zero-order valence-corrected chi connectivity index (χ0v) is 21.6. The monoisotopic (exact) mass is 486 g/mol. The van der Waals surface area contributed by atoms with Gasteiger partial charge >= 0.3 is 0 Å². The summed E-state index contributed by atoms with van der Waals surface area (Å²) in [5, 5.41) is 20.0. The zero-order chi connectivity index (χ0) is 24.1. The fourth-order valence-corrected chi connectivity index (χ4v) is 5.86. The molecule has 2 aromatic carbocycles. The number of nitrogens with one attached hydrogen (secondary N) is 3. The largest absolute Gasteiger partial charge is 0.489 e. The van der Waals surface area contributed by atoms with Gasteiger partial charge in [-0.1, -0.05) is 43.7 Å². The van der Waals surface area contributed by atoms with Gasteiger partial charge in [-0.2, -0.15) is 0 Å². The van der Waals surface area contributed by atoms with E-state index >= 15 is 0 Å². The highest BCUT2D eigenvalue weighted by Gasteiger charge is 2.36. The summed E-state index contributed by atoms with van der Waals surface area (Å²) in [6, 6.07) is 7.76. The SMILES string of the molecule is CCCCCSc1c(OC(C)C)c2c(c(OC(C)C)c1Sc1ccccc1N)C(=N)NC2=N. The lowest BCUT2D eigenvalue weighted by Gasteiger charge is -2.25. The van der Waals surface area contributed by atoms with E-state index in [1.807, 2.05) is 52.0 Å². The van der Waals surface area contributed by atoms with Crippen LogP contribution in [0.3, 0.4) is 0 Å².